The lowest BCUT2D eigenvalue weighted by Crippen LogP contribution is -2.23. The van der Waals surface area contributed by atoms with Crippen LogP contribution in [0.1, 0.15) is 29.3 Å². The second kappa shape index (κ2) is 7.80. The van der Waals surface area contributed by atoms with Gasteiger partial charge in [0.1, 0.15) is 18.2 Å². The van der Waals surface area contributed by atoms with Crippen molar-refractivity contribution >= 4 is 17.5 Å². The summed E-state index contributed by atoms with van der Waals surface area (Å²) >= 11 is 5.95. The maximum atomic E-state index is 13.7. The van der Waals surface area contributed by atoms with E-state index in [1.54, 1.807) is 36.4 Å². The van der Waals surface area contributed by atoms with Crippen LogP contribution >= 0.6 is 11.6 Å². The van der Waals surface area contributed by atoms with E-state index >= 15 is 0 Å². The maximum Gasteiger partial charge on any atom is 0.251 e. The van der Waals surface area contributed by atoms with Crippen LogP contribution in [0.5, 0.6) is 5.75 Å². The molecule has 1 amide bonds. The van der Waals surface area contributed by atoms with Crippen LogP contribution in [-0.4, -0.2) is 12.5 Å². The minimum atomic E-state index is -0.413. The molecule has 116 valence electrons. The first-order chi connectivity index (χ1) is 10.6. The lowest BCUT2D eigenvalue weighted by Gasteiger charge is -2.10. The highest BCUT2D eigenvalue weighted by atomic mass is 35.5. The summed E-state index contributed by atoms with van der Waals surface area (Å²) in [7, 11) is 0. The monoisotopic (exact) mass is 321 g/mol. The van der Waals surface area contributed by atoms with Crippen LogP contribution in [0, 0.1) is 5.82 Å². The van der Waals surface area contributed by atoms with Crippen LogP contribution in [-0.2, 0) is 6.61 Å². The molecule has 2 aromatic carbocycles. The minimum Gasteiger partial charge on any atom is -0.489 e. The van der Waals surface area contributed by atoms with Gasteiger partial charge < -0.3 is 10.1 Å². The number of benzene rings is 2. The van der Waals surface area contributed by atoms with E-state index in [-0.39, 0.29) is 12.5 Å². The van der Waals surface area contributed by atoms with Crippen molar-refractivity contribution in [2.45, 2.75) is 20.0 Å². The second-order valence-corrected chi connectivity index (χ2v) is 5.18. The van der Waals surface area contributed by atoms with Crippen molar-refractivity contribution in [2.24, 2.45) is 0 Å². The summed E-state index contributed by atoms with van der Waals surface area (Å²) in [5, 5.41) is 3.11. The summed E-state index contributed by atoms with van der Waals surface area (Å²) in [6, 6.07) is 11.2. The Hall–Kier alpha value is -2.07. The Labute approximate surface area is 134 Å². The first-order valence-electron chi connectivity index (χ1n) is 7.05. The van der Waals surface area contributed by atoms with Crippen LogP contribution in [0.2, 0.25) is 5.02 Å². The van der Waals surface area contributed by atoms with Gasteiger partial charge in [0.15, 0.2) is 0 Å². The Morgan fingerprint density at radius 3 is 2.77 bits per heavy atom. The molecule has 0 fully saturated rings. The molecule has 5 heteroatoms. The van der Waals surface area contributed by atoms with Crippen LogP contribution < -0.4 is 10.1 Å². The molecule has 3 nitrogen and oxygen atoms in total. The summed E-state index contributed by atoms with van der Waals surface area (Å²) in [5.41, 5.74) is 0.801. The molecule has 0 unspecified atom stereocenters. The third kappa shape index (κ3) is 4.21. The van der Waals surface area contributed by atoms with Crippen molar-refractivity contribution in [2.75, 3.05) is 6.54 Å². The van der Waals surface area contributed by atoms with Gasteiger partial charge in [-0.05, 0) is 36.8 Å². The fourth-order valence-corrected chi connectivity index (χ4v) is 2.11. The van der Waals surface area contributed by atoms with E-state index in [4.69, 9.17) is 16.3 Å². The van der Waals surface area contributed by atoms with Crippen molar-refractivity contribution in [3.8, 4) is 5.75 Å². The molecule has 2 aromatic rings. The van der Waals surface area contributed by atoms with E-state index in [9.17, 15) is 9.18 Å². The van der Waals surface area contributed by atoms with E-state index < -0.39 is 5.82 Å². The standard InChI is InChI=1S/C17H17ClFNO2/c1-2-9-20-17(21)12-5-3-6-13(10-12)22-11-14-15(18)7-4-8-16(14)19/h3-8,10H,2,9,11H2,1H3,(H,20,21). The molecular weight excluding hydrogens is 305 g/mol. The lowest BCUT2D eigenvalue weighted by atomic mass is 10.2. The third-order valence-corrected chi connectivity index (χ3v) is 3.43. The number of rotatable bonds is 6. The largest absolute Gasteiger partial charge is 0.489 e. The van der Waals surface area contributed by atoms with Gasteiger partial charge in [-0.25, -0.2) is 4.39 Å². The Morgan fingerprint density at radius 2 is 2.05 bits per heavy atom. The number of carbonyl (C=O) groups excluding carboxylic acids is 1. The highest BCUT2D eigenvalue weighted by molar-refractivity contribution is 6.31. The molecule has 0 saturated carbocycles. The molecule has 22 heavy (non-hydrogen) atoms. The van der Waals surface area contributed by atoms with Crippen molar-refractivity contribution in [1.82, 2.24) is 5.32 Å². The van der Waals surface area contributed by atoms with Crippen molar-refractivity contribution in [3.63, 3.8) is 0 Å². The number of nitrogens with one attached hydrogen (secondary N) is 1. The van der Waals surface area contributed by atoms with Gasteiger partial charge in [0.05, 0.1) is 5.02 Å². The van der Waals surface area contributed by atoms with Gasteiger partial charge in [0.25, 0.3) is 5.91 Å². The van der Waals surface area contributed by atoms with Gasteiger partial charge in [0, 0.05) is 17.7 Å². The van der Waals surface area contributed by atoms with Gasteiger partial charge in [-0.2, -0.15) is 0 Å². The van der Waals surface area contributed by atoms with Gasteiger partial charge in [-0.3, -0.25) is 4.79 Å². The normalized spacial score (nSPS) is 10.3. The zero-order chi connectivity index (χ0) is 15.9. The number of hydrogen-bond donors (Lipinski definition) is 1. The summed E-state index contributed by atoms with van der Waals surface area (Å²) in [5.74, 6) is -0.0796. The Kier molecular flexibility index (Phi) is 5.78. The summed E-state index contributed by atoms with van der Waals surface area (Å²) < 4.78 is 19.2. The lowest BCUT2D eigenvalue weighted by molar-refractivity contribution is 0.0953. The molecular formula is C17H17ClFNO2. The smallest absolute Gasteiger partial charge is 0.251 e. The highest BCUT2D eigenvalue weighted by Gasteiger charge is 2.09. The summed E-state index contributed by atoms with van der Waals surface area (Å²) in [6.07, 6.45) is 0.869. The average molecular weight is 322 g/mol. The van der Waals surface area contributed by atoms with Gasteiger partial charge in [0.2, 0.25) is 0 Å². The molecule has 0 aromatic heterocycles. The first kappa shape index (κ1) is 16.3. The molecule has 0 aliphatic carbocycles. The molecule has 0 atom stereocenters. The topological polar surface area (TPSA) is 38.3 Å². The zero-order valence-corrected chi connectivity index (χ0v) is 13.0. The minimum absolute atomic E-state index is 0.00550. The molecule has 0 heterocycles. The van der Waals surface area contributed by atoms with E-state index in [1.165, 1.54) is 6.07 Å². The molecule has 0 aliphatic rings. The molecule has 1 N–H and O–H groups in total. The Morgan fingerprint density at radius 1 is 1.27 bits per heavy atom. The molecule has 0 bridgehead atoms. The number of ether oxygens (including phenoxy) is 1. The number of halogens is 2. The second-order valence-electron chi connectivity index (χ2n) is 4.77. The quantitative estimate of drug-likeness (QED) is 0.866. The summed E-state index contributed by atoms with van der Waals surface area (Å²) in [6.45, 7) is 2.61. The number of hydrogen-bond acceptors (Lipinski definition) is 2. The third-order valence-electron chi connectivity index (χ3n) is 3.08. The van der Waals surface area contributed by atoms with Crippen LogP contribution in [0.25, 0.3) is 0 Å². The van der Waals surface area contributed by atoms with E-state index in [1.807, 2.05) is 6.92 Å². The number of carbonyl (C=O) groups is 1. The van der Waals surface area contributed by atoms with Crippen molar-refractivity contribution in [1.29, 1.82) is 0 Å². The summed E-state index contributed by atoms with van der Waals surface area (Å²) in [4.78, 5) is 11.9. The fourth-order valence-electron chi connectivity index (χ4n) is 1.89. The molecule has 0 aliphatic heterocycles. The molecule has 0 spiro atoms. The van der Waals surface area contributed by atoms with Crippen molar-refractivity contribution in [3.05, 3.63) is 64.4 Å². The Balaban J connectivity index is 2.06. The maximum absolute atomic E-state index is 13.7. The SMILES string of the molecule is CCCNC(=O)c1cccc(OCc2c(F)cccc2Cl)c1. The average Bonchev–Trinajstić information content (AvgIpc) is 2.52. The van der Waals surface area contributed by atoms with Gasteiger partial charge in [-0.1, -0.05) is 30.7 Å². The molecule has 2 rings (SSSR count). The first-order valence-corrected chi connectivity index (χ1v) is 7.43. The number of amides is 1. The van der Waals surface area contributed by atoms with Crippen LogP contribution in [0.4, 0.5) is 4.39 Å². The van der Waals surface area contributed by atoms with E-state index in [2.05, 4.69) is 5.32 Å². The van der Waals surface area contributed by atoms with Crippen molar-refractivity contribution < 1.29 is 13.9 Å². The Bertz CT molecular complexity index is 641. The van der Waals surface area contributed by atoms with E-state index in [0.29, 0.717) is 28.4 Å². The zero-order valence-electron chi connectivity index (χ0n) is 12.2. The highest BCUT2D eigenvalue weighted by Crippen LogP contribution is 2.22. The predicted molar refractivity (Wildman–Crippen MR) is 84.8 cm³/mol. The fraction of sp³-hybridized carbons (Fsp3) is 0.235. The van der Waals surface area contributed by atoms with Crippen LogP contribution in [0.3, 0.4) is 0 Å². The predicted octanol–water partition coefficient (Wildman–Crippen LogP) is 4.20. The van der Waals surface area contributed by atoms with Crippen LogP contribution in [0.15, 0.2) is 42.5 Å². The van der Waals surface area contributed by atoms with Gasteiger partial charge >= 0.3 is 0 Å². The molecule has 0 radical (unpaired) electrons. The van der Waals surface area contributed by atoms with E-state index in [0.717, 1.165) is 6.42 Å². The molecule has 0 saturated heterocycles. The van der Waals surface area contributed by atoms with Gasteiger partial charge in [-0.15, -0.1) is 0 Å².